The molecular weight excluding hydrogens is 513 g/mol. The van der Waals surface area contributed by atoms with E-state index in [9.17, 15) is 22.4 Å². The maximum Gasteiger partial charge on any atom is 0.242 e. The molecule has 0 aromatic heterocycles. The molecule has 1 atom stereocenters. The van der Waals surface area contributed by atoms with Crippen LogP contribution in [0.5, 0.6) is 11.5 Å². The van der Waals surface area contributed by atoms with Crippen LogP contribution in [0.1, 0.15) is 45.1 Å². The molecule has 0 fully saturated rings. The highest BCUT2D eigenvalue weighted by Crippen LogP contribution is 2.34. The van der Waals surface area contributed by atoms with Crippen molar-refractivity contribution in [2.75, 3.05) is 36.9 Å². The van der Waals surface area contributed by atoms with Crippen molar-refractivity contribution < 1.29 is 31.9 Å². The molecule has 1 N–H and O–H groups in total. The number of carbonyl (C=O) groups excluding carboxylic acids is 2. The van der Waals surface area contributed by atoms with Crippen LogP contribution in [-0.2, 0) is 26.2 Å². The Balaban J connectivity index is 1.72. The molecular formula is C27H36FN3O6S. The predicted octanol–water partition coefficient (Wildman–Crippen LogP) is 3.48. The predicted molar refractivity (Wildman–Crippen MR) is 143 cm³/mol. The highest BCUT2D eigenvalue weighted by Gasteiger charge is 2.27. The first kappa shape index (κ1) is 29.2. The topological polar surface area (TPSA) is 105 Å². The summed E-state index contributed by atoms with van der Waals surface area (Å²) in [6.45, 7) is 4.85. The maximum absolute atomic E-state index is 14.4. The minimum Gasteiger partial charge on any atom is -0.486 e. The van der Waals surface area contributed by atoms with Crippen molar-refractivity contribution in [2.24, 2.45) is 0 Å². The largest absolute Gasteiger partial charge is 0.486 e. The lowest BCUT2D eigenvalue weighted by atomic mass is 10.1. The van der Waals surface area contributed by atoms with E-state index in [-0.39, 0.29) is 37.7 Å². The van der Waals surface area contributed by atoms with Crippen molar-refractivity contribution in [1.82, 2.24) is 10.2 Å². The minimum absolute atomic E-state index is 0.0302. The van der Waals surface area contributed by atoms with Crippen LogP contribution in [0.4, 0.5) is 10.1 Å². The third kappa shape index (κ3) is 7.83. The molecule has 0 bridgehead atoms. The summed E-state index contributed by atoms with van der Waals surface area (Å²) in [5.74, 6) is -0.166. The van der Waals surface area contributed by atoms with Crippen LogP contribution in [-0.4, -0.2) is 63.7 Å². The quantitative estimate of drug-likeness (QED) is 0.384. The molecule has 1 unspecified atom stereocenters. The smallest absolute Gasteiger partial charge is 0.242 e. The molecule has 38 heavy (non-hydrogen) atoms. The van der Waals surface area contributed by atoms with Crippen molar-refractivity contribution in [3.8, 4) is 11.5 Å². The Labute approximate surface area is 224 Å². The van der Waals surface area contributed by atoms with Crippen LogP contribution >= 0.6 is 0 Å². The highest BCUT2D eigenvalue weighted by atomic mass is 32.2. The first-order chi connectivity index (χ1) is 18.1. The summed E-state index contributed by atoms with van der Waals surface area (Å²) in [6, 6.07) is 10.2. The van der Waals surface area contributed by atoms with Crippen molar-refractivity contribution in [3.05, 3.63) is 53.8 Å². The lowest BCUT2D eigenvalue weighted by Gasteiger charge is -2.29. The highest BCUT2D eigenvalue weighted by molar-refractivity contribution is 7.92. The van der Waals surface area contributed by atoms with E-state index in [1.54, 1.807) is 43.3 Å². The second kappa shape index (κ2) is 13.5. The Kier molecular flexibility index (Phi) is 10.3. The normalized spacial score (nSPS) is 13.5. The summed E-state index contributed by atoms with van der Waals surface area (Å²) in [6.07, 6.45) is 2.97. The Bertz CT molecular complexity index is 1220. The third-order valence-electron chi connectivity index (χ3n) is 6.26. The van der Waals surface area contributed by atoms with Crippen molar-refractivity contribution in [1.29, 1.82) is 0 Å². The number of sulfonamides is 1. The zero-order chi connectivity index (χ0) is 27.7. The molecule has 2 aromatic carbocycles. The van der Waals surface area contributed by atoms with E-state index in [0.717, 1.165) is 19.1 Å². The third-order valence-corrected chi connectivity index (χ3v) is 7.46. The Morgan fingerprint density at radius 2 is 1.79 bits per heavy atom. The summed E-state index contributed by atoms with van der Waals surface area (Å²) in [5, 5.41) is 2.82. The summed E-state index contributed by atoms with van der Waals surface area (Å²) in [5.41, 5.74) is 0.694. The number of anilines is 1. The number of halogens is 1. The second-order valence-corrected chi connectivity index (χ2v) is 11.1. The van der Waals surface area contributed by atoms with Crippen LogP contribution in [0.2, 0.25) is 0 Å². The van der Waals surface area contributed by atoms with Crippen LogP contribution in [0.25, 0.3) is 0 Å². The Hall–Kier alpha value is -3.34. The van der Waals surface area contributed by atoms with E-state index in [1.165, 1.54) is 15.3 Å². The molecule has 2 aromatic rings. The lowest BCUT2D eigenvalue weighted by molar-refractivity contribution is -0.140. The number of ether oxygens (including phenoxy) is 2. The standard InChI is InChI=1S/C27H36FN3O6S/c1-4-5-14-29-27(33)20(2)30(19-21-9-6-7-10-23(21)28)26(32)11-8-15-31(38(3,34)35)22-12-13-24-25(18-22)37-17-16-36-24/h6-7,9-10,12-13,18,20H,4-5,8,11,14-17,19H2,1-3H3,(H,29,33). The zero-order valence-corrected chi connectivity index (χ0v) is 22.9. The minimum atomic E-state index is -3.66. The fraction of sp³-hybridized carbons (Fsp3) is 0.481. The molecule has 0 spiro atoms. The fourth-order valence-electron chi connectivity index (χ4n) is 4.12. The first-order valence-corrected chi connectivity index (χ1v) is 14.6. The summed E-state index contributed by atoms with van der Waals surface area (Å²) in [7, 11) is -3.66. The first-order valence-electron chi connectivity index (χ1n) is 12.8. The average molecular weight is 550 g/mol. The van der Waals surface area contributed by atoms with Gasteiger partial charge in [0, 0.05) is 37.7 Å². The molecule has 2 amide bonds. The van der Waals surface area contributed by atoms with Gasteiger partial charge in [-0.25, -0.2) is 12.8 Å². The molecule has 11 heteroatoms. The fourth-order valence-corrected chi connectivity index (χ4v) is 5.08. The number of rotatable bonds is 13. The van der Waals surface area contributed by atoms with Gasteiger partial charge in [-0.3, -0.25) is 13.9 Å². The second-order valence-electron chi connectivity index (χ2n) is 9.20. The van der Waals surface area contributed by atoms with Gasteiger partial charge in [0.25, 0.3) is 0 Å². The van der Waals surface area contributed by atoms with Gasteiger partial charge >= 0.3 is 0 Å². The number of fused-ring (bicyclic) bond motifs is 1. The van der Waals surface area contributed by atoms with E-state index in [1.807, 2.05) is 6.92 Å². The number of nitrogens with one attached hydrogen (secondary N) is 1. The number of nitrogens with zero attached hydrogens (tertiary/aromatic N) is 2. The molecule has 0 saturated heterocycles. The van der Waals surface area contributed by atoms with Gasteiger partial charge in [0.2, 0.25) is 21.8 Å². The van der Waals surface area contributed by atoms with Gasteiger partial charge in [0.1, 0.15) is 25.1 Å². The molecule has 0 radical (unpaired) electrons. The number of hydrogen-bond donors (Lipinski definition) is 1. The molecule has 0 saturated carbocycles. The number of hydrogen-bond acceptors (Lipinski definition) is 6. The zero-order valence-electron chi connectivity index (χ0n) is 22.1. The molecule has 208 valence electrons. The molecule has 1 aliphatic heterocycles. The number of amides is 2. The molecule has 3 rings (SSSR count). The van der Waals surface area contributed by atoms with Crippen LogP contribution in [0, 0.1) is 5.82 Å². The lowest BCUT2D eigenvalue weighted by Crippen LogP contribution is -2.48. The van der Waals surface area contributed by atoms with E-state index in [2.05, 4.69) is 5.32 Å². The van der Waals surface area contributed by atoms with E-state index in [4.69, 9.17) is 9.47 Å². The van der Waals surface area contributed by atoms with E-state index < -0.39 is 21.9 Å². The molecule has 0 aliphatic carbocycles. The maximum atomic E-state index is 14.4. The SMILES string of the molecule is CCCCNC(=O)C(C)N(Cc1ccccc1F)C(=O)CCCN(c1ccc2c(c1)OCCO2)S(C)(=O)=O. The molecule has 1 heterocycles. The van der Waals surface area contributed by atoms with E-state index >= 15 is 0 Å². The van der Waals surface area contributed by atoms with Gasteiger partial charge in [-0.1, -0.05) is 31.5 Å². The molecule has 1 aliphatic rings. The van der Waals surface area contributed by atoms with Crippen molar-refractivity contribution >= 4 is 27.5 Å². The monoisotopic (exact) mass is 549 g/mol. The van der Waals surface area contributed by atoms with Crippen molar-refractivity contribution in [2.45, 2.75) is 52.1 Å². The summed E-state index contributed by atoms with van der Waals surface area (Å²) >= 11 is 0. The molecule has 9 nitrogen and oxygen atoms in total. The van der Waals surface area contributed by atoms with Gasteiger partial charge in [-0.15, -0.1) is 0 Å². The van der Waals surface area contributed by atoms with Gasteiger partial charge in [-0.2, -0.15) is 0 Å². The number of carbonyl (C=O) groups is 2. The van der Waals surface area contributed by atoms with Gasteiger partial charge in [0.05, 0.1) is 11.9 Å². The number of benzene rings is 2. The van der Waals surface area contributed by atoms with Crippen molar-refractivity contribution in [3.63, 3.8) is 0 Å². The van der Waals surface area contributed by atoms with Gasteiger partial charge < -0.3 is 19.7 Å². The van der Waals surface area contributed by atoms with E-state index in [0.29, 0.717) is 42.5 Å². The summed E-state index contributed by atoms with van der Waals surface area (Å²) < 4.78 is 51.8. The number of unbranched alkanes of at least 4 members (excludes halogenated alkanes) is 1. The van der Waals surface area contributed by atoms with Gasteiger partial charge in [-0.05, 0) is 38.0 Å². The summed E-state index contributed by atoms with van der Waals surface area (Å²) in [4.78, 5) is 27.4. The Morgan fingerprint density at radius 1 is 1.08 bits per heavy atom. The van der Waals surface area contributed by atoms with Crippen LogP contribution < -0.4 is 19.1 Å². The average Bonchev–Trinajstić information content (AvgIpc) is 2.89. The Morgan fingerprint density at radius 3 is 2.47 bits per heavy atom. The van der Waals surface area contributed by atoms with Crippen LogP contribution in [0.15, 0.2) is 42.5 Å². The van der Waals surface area contributed by atoms with Crippen LogP contribution in [0.3, 0.4) is 0 Å². The van der Waals surface area contributed by atoms with Gasteiger partial charge in [0.15, 0.2) is 11.5 Å².